The van der Waals surface area contributed by atoms with E-state index in [4.69, 9.17) is 4.74 Å². The van der Waals surface area contributed by atoms with Crippen molar-refractivity contribution in [1.29, 1.82) is 0 Å². The van der Waals surface area contributed by atoms with Crippen molar-refractivity contribution in [2.45, 2.75) is 13.3 Å². The van der Waals surface area contributed by atoms with Gasteiger partial charge in [-0.05, 0) is 13.3 Å². The molecule has 3 rings (SSSR count). The lowest BCUT2D eigenvalue weighted by Gasteiger charge is -2.29. The molecular formula is C13H19N3O2S. The lowest BCUT2D eigenvalue weighted by Crippen LogP contribution is -2.44. The summed E-state index contributed by atoms with van der Waals surface area (Å²) in [7, 11) is 0. The van der Waals surface area contributed by atoms with Crippen molar-refractivity contribution in [3.63, 3.8) is 0 Å². The molecule has 0 aliphatic carbocycles. The first kappa shape index (κ1) is 12.9. The Balaban J connectivity index is 1.60. The molecule has 0 bridgehead atoms. The van der Waals surface area contributed by atoms with Crippen LogP contribution in [0, 0.1) is 12.8 Å². The Labute approximate surface area is 117 Å². The summed E-state index contributed by atoms with van der Waals surface area (Å²) in [6, 6.07) is 0. The second-order valence-electron chi connectivity index (χ2n) is 5.14. The van der Waals surface area contributed by atoms with Gasteiger partial charge in [-0.2, -0.15) is 0 Å². The van der Waals surface area contributed by atoms with Gasteiger partial charge in [0, 0.05) is 31.6 Å². The zero-order valence-corrected chi connectivity index (χ0v) is 12.0. The molecule has 2 fully saturated rings. The average molecular weight is 281 g/mol. The molecule has 1 aromatic heterocycles. The number of carbonyl (C=O) groups excluding carboxylic acids is 1. The molecule has 2 aliphatic heterocycles. The fourth-order valence-corrected chi connectivity index (χ4v) is 3.50. The number of ether oxygens (including phenoxy) is 1. The average Bonchev–Trinajstić information content (AvgIpc) is 3.07. The third-order valence-electron chi connectivity index (χ3n) is 3.74. The van der Waals surface area contributed by atoms with Gasteiger partial charge in [0.15, 0.2) is 5.13 Å². The maximum atomic E-state index is 12.4. The van der Waals surface area contributed by atoms with Gasteiger partial charge in [0.1, 0.15) is 0 Å². The number of anilines is 1. The Morgan fingerprint density at radius 3 is 2.89 bits per heavy atom. The molecule has 3 heterocycles. The van der Waals surface area contributed by atoms with Crippen molar-refractivity contribution in [2.24, 2.45) is 5.92 Å². The third-order valence-corrected chi connectivity index (χ3v) is 4.76. The van der Waals surface area contributed by atoms with Crippen LogP contribution in [0.25, 0.3) is 0 Å². The van der Waals surface area contributed by atoms with E-state index in [9.17, 15) is 4.79 Å². The highest BCUT2D eigenvalue weighted by atomic mass is 32.1. The second kappa shape index (κ2) is 5.46. The monoisotopic (exact) mass is 281 g/mol. The Hall–Kier alpha value is -1.14. The first-order chi connectivity index (χ1) is 9.24. The molecule has 1 aromatic rings. The zero-order valence-electron chi connectivity index (χ0n) is 11.2. The molecule has 2 saturated heterocycles. The van der Waals surface area contributed by atoms with Crippen molar-refractivity contribution in [2.75, 3.05) is 44.3 Å². The Kier molecular flexibility index (Phi) is 3.70. The summed E-state index contributed by atoms with van der Waals surface area (Å²) in [5.41, 5.74) is 1.06. The number of amides is 1. The maximum absolute atomic E-state index is 12.4. The molecule has 104 valence electrons. The van der Waals surface area contributed by atoms with Gasteiger partial charge in [-0.15, -0.1) is 11.3 Å². The number of hydrogen-bond acceptors (Lipinski definition) is 5. The van der Waals surface area contributed by atoms with E-state index in [0.717, 1.165) is 43.4 Å². The van der Waals surface area contributed by atoms with Gasteiger partial charge in [0.2, 0.25) is 5.91 Å². The number of hydrogen-bond donors (Lipinski definition) is 0. The molecule has 0 N–H and O–H groups in total. The predicted octanol–water partition coefficient (Wildman–Crippen LogP) is 1.14. The van der Waals surface area contributed by atoms with Crippen LogP contribution in [-0.2, 0) is 9.53 Å². The van der Waals surface area contributed by atoms with Crippen molar-refractivity contribution in [3.05, 3.63) is 11.1 Å². The number of thiazole rings is 1. The lowest BCUT2D eigenvalue weighted by molar-refractivity contribution is -0.138. The van der Waals surface area contributed by atoms with E-state index >= 15 is 0 Å². The summed E-state index contributed by atoms with van der Waals surface area (Å²) in [6.07, 6.45) is 0.939. The van der Waals surface area contributed by atoms with E-state index in [-0.39, 0.29) is 5.92 Å². The van der Waals surface area contributed by atoms with Crippen LogP contribution in [0.3, 0.4) is 0 Å². The van der Waals surface area contributed by atoms with E-state index in [1.54, 1.807) is 11.3 Å². The van der Waals surface area contributed by atoms with Gasteiger partial charge in [-0.1, -0.05) is 0 Å². The van der Waals surface area contributed by atoms with Crippen LogP contribution in [0.4, 0.5) is 5.13 Å². The van der Waals surface area contributed by atoms with E-state index < -0.39 is 0 Å². The number of rotatable bonds is 2. The topological polar surface area (TPSA) is 45.7 Å². The molecule has 1 unspecified atom stereocenters. The molecule has 5 nitrogen and oxygen atoms in total. The van der Waals surface area contributed by atoms with Crippen LogP contribution >= 0.6 is 11.3 Å². The Morgan fingerprint density at radius 2 is 2.21 bits per heavy atom. The van der Waals surface area contributed by atoms with Crippen LogP contribution < -0.4 is 4.90 Å². The summed E-state index contributed by atoms with van der Waals surface area (Å²) >= 11 is 1.67. The van der Waals surface area contributed by atoms with Crippen LogP contribution in [0.1, 0.15) is 12.1 Å². The number of morpholine rings is 1. The minimum atomic E-state index is 0.127. The standard InChI is InChI=1S/C13H19N3O2S/c1-10-9-19-13(14-10)16-3-2-11(8-16)12(17)15-4-6-18-7-5-15/h9,11H,2-8H2,1H3. The summed E-state index contributed by atoms with van der Waals surface area (Å²) in [5.74, 6) is 0.418. The van der Waals surface area contributed by atoms with Gasteiger partial charge in [-0.3, -0.25) is 4.79 Å². The smallest absolute Gasteiger partial charge is 0.227 e. The van der Waals surface area contributed by atoms with Gasteiger partial charge in [0.25, 0.3) is 0 Å². The minimum absolute atomic E-state index is 0.127. The van der Waals surface area contributed by atoms with Gasteiger partial charge < -0.3 is 14.5 Å². The highest BCUT2D eigenvalue weighted by Gasteiger charge is 2.32. The fourth-order valence-electron chi connectivity index (χ4n) is 2.66. The molecule has 1 amide bonds. The van der Waals surface area contributed by atoms with Gasteiger partial charge in [0.05, 0.1) is 24.8 Å². The van der Waals surface area contributed by atoms with Crippen LogP contribution in [0.5, 0.6) is 0 Å². The normalized spacial score (nSPS) is 23.9. The van der Waals surface area contributed by atoms with E-state index in [1.807, 2.05) is 11.8 Å². The van der Waals surface area contributed by atoms with Crippen LogP contribution in [0.2, 0.25) is 0 Å². The molecule has 6 heteroatoms. The summed E-state index contributed by atoms with van der Waals surface area (Å²) in [6.45, 7) is 6.59. The fraction of sp³-hybridized carbons (Fsp3) is 0.692. The van der Waals surface area contributed by atoms with Gasteiger partial charge >= 0.3 is 0 Å². The number of nitrogens with zero attached hydrogens (tertiary/aromatic N) is 3. The summed E-state index contributed by atoms with van der Waals surface area (Å²) < 4.78 is 5.29. The molecule has 0 saturated carbocycles. The highest BCUT2D eigenvalue weighted by molar-refractivity contribution is 7.13. The number of aromatic nitrogens is 1. The number of aryl methyl sites for hydroxylation is 1. The molecular weight excluding hydrogens is 262 g/mol. The first-order valence-corrected chi connectivity index (χ1v) is 7.65. The van der Waals surface area contributed by atoms with E-state index in [0.29, 0.717) is 19.1 Å². The molecule has 19 heavy (non-hydrogen) atoms. The van der Waals surface area contributed by atoms with E-state index in [1.165, 1.54) is 0 Å². The summed E-state index contributed by atoms with van der Waals surface area (Å²) in [4.78, 5) is 21.1. The highest BCUT2D eigenvalue weighted by Crippen LogP contribution is 2.27. The SMILES string of the molecule is Cc1csc(N2CCC(C(=O)N3CCOCC3)C2)n1. The minimum Gasteiger partial charge on any atom is -0.378 e. The Bertz CT molecular complexity index is 456. The third kappa shape index (κ3) is 2.74. The van der Waals surface area contributed by atoms with Gasteiger partial charge in [-0.25, -0.2) is 4.98 Å². The van der Waals surface area contributed by atoms with Crippen molar-refractivity contribution in [3.8, 4) is 0 Å². The maximum Gasteiger partial charge on any atom is 0.227 e. The second-order valence-corrected chi connectivity index (χ2v) is 5.98. The predicted molar refractivity (Wildman–Crippen MR) is 74.6 cm³/mol. The number of carbonyl (C=O) groups is 1. The zero-order chi connectivity index (χ0) is 13.2. The van der Waals surface area contributed by atoms with Crippen molar-refractivity contribution >= 4 is 22.4 Å². The Morgan fingerprint density at radius 1 is 1.42 bits per heavy atom. The quantitative estimate of drug-likeness (QED) is 0.815. The van der Waals surface area contributed by atoms with Crippen molar-refractivity contribution < 1.29 is 9.53 Å². The van der Waals surface area contributed by atoms with E-state index in [2.05, 4.69) is 15.3 Å². The molecule has 0 radical (unpaired) electrons. The van der Waals surface area contributed by atoms with Crippen molar-refractivity contribution in [1.82, 2.24) is 9.88 Å². The molecule has 0 spiro atoms. The van der Waals surface area contributed by atoms with Crippen LogP contribution in [0.15, 0.2) is 5.38 Å². The molecule has 1 atom stereocenters. The summed E-state index contributed by atoms with van der Waals surface area (Å²) in [5, 5.41) is 3.11. The molecule has 2 aliphatic rings. The first-order valence-electron chi connectivity index (χ1n) is 6.77. The lowest BCUT2D eigenvalue weighted by atomic mass is 10.1. The largest absolute Gasteiger partial charge is 0.378 e. The molecule has 0 aromatic carbocycles. The van der Waals surface area contributed by atoms with Crippen LogP contribution in [-0.4, -0.2) is 55.2 Å².